The molecule has 3 atom stereocenters. The standard InChI is InChI=1S/C20H17F3N2O2/c1-2-27-19(26)18-16(12-6-4-3-5-7-12)17(18)13-8-9-25-11-14(20(21,22)23)24-15(25)10-13/h3-11,16-18H,2H2,1H3/t16-,17-,18-/m1/s1. The highest BCUT2D eigenvalue weighted by Gasteiger charge is 2.57. The molecular weight excluding hydrogens is 357 g/mol. The molecule has 27 heavy (non-hydrogen) atoms. The molecule has 1 saturated carbocycles. The van der Waals surface area contributed by atoms with Gasteiger partial charge in [-0.05, 0) is 30.2 Å². The molecule has 1 fully saturated rings. The largest absolute Gasteiger partial charge is 0.466 e. The summed E-state index contributed by atoms with van der Waals surface area (Å²) in [4.78, 5) is 16.1. The lowest BCUT2D eigenvalue weighted by molar-refractivity contribution is -0.145. The van der Waals surface area contributed by atoms with E-state index in [-0.39, 0.29) is 36.0 Å². The van der Waals surface area contributed by atoms with Crippen molar-refractivity contribution >= 4 is 11.6 Å². The highest BCUT2D eigenvalue weighted by Crippen LogP contribution is 2.61. The Morgan fingerprint density at radius 1 is 1.15 bits per heavy atom. The van der Waals surface area contributed by atoms with Crippen molar-refractivity contribution in [3.63, 3.8) is 0 Å². The number of hydrogen-bond donors (Lipinski definition) is 0. The molecule has 3 aromatic rings. The predicted octanol–water partition coefficient (Wildman–Crippen LogP) is 4.41. The second-order valence-corrected chi connectivity index (χ2v) is 6.59. The van der Waals surface area contributed by atoms with Crippen molar-refractivity contribution in [1.29, 1.82) is 0 Å². The van der Waals surface area contributed by atoms with Gasteiger partial charge >= 0.3 is 12.1 Å². The molecular formula is C20H17F3N2O2. The molecule has 7 heteroatoms. The van der Waals surface area contributed by atoms with Gasteiger partial charge in [-0.15, -0.1) is 0 Å². The van der Waals surface area contributed by atoms with Crippen molar-refractivity contribution in [2.75, 3.05) is 6.61 Å². The van der Waals surface area contributed by atoms with Gasteiger partial charge in [0.15, 0.2) is 5.69 Å². The van der Waals surface area contributed by atoms with Crippen molar-refractivity contribution in [1.82, 2.24) is 9.38 Å². The van der Waals surface area contributed by atoms with E-state index in [2.05, 4.69) is 4.98 Å². The fourth-order valence-electron chi connectivity index (χ4n) is 3.69. The second kappa shape index (κ2) is 6.40. The van der Waals surface area contributed by atoms with Crippen LogP contribution >= 0.6 is 0 Å². The summed E-state index contributed by atoms with van der Waals surface area (Å²) in [6.07, 6.45) is -1.98. The van der Waals surface area contributed by atoms with Crippen LogP contribution in [0.4, 0.5) is 13.2 Å². The summed E-state index contributed by atoms with van der Waals surface area (Å²) in [5.41, 5.74) is 1.08. The number of alkyl halides is 3. The molecule has 2 aromatic heterocycles. The van der Waals surface area contributed by atoms with Crippen LogP contribution < -0.4 is 0 Å². The Morgan fingerprint density at radius 3 is 2.52 bits per heavy atom. The number of fused-ring (bicyclic) bond motifs is 1. The number of imidazole rings is 1. The van der Waals surface area contributed by atoms with Crippen LogP contribution in [0.5, 0.6) is 0 Å². The number of ether oxygens (including phenoxy) is 1. The summed E-state index contributed by atoms with van der Waals surface area (Å²) in [5.74, 6) is -0.811. The first-order valence-electron chi connectivity index (χ1n) is 8.67. The molecule has 4 nitrogen and oxygen atoms in total. The number of rotatable bonds is 4. The van der Waals surface area contributed by atoms with Crippen molar-refractivity contribution in [2.24, 2.45) is 5.92 Å². The highest BCUT2D eigenvalue weighted by molar-refractivity contribution is 5.80. The van der Waals surface area contributed by atoms with Crippen molar-refractivity contribution in [3.05, 3.63) is 71.7 Å². The number of halogens is 3. The minimum absolute atomic E-state index is 0.0512. The summed E-state index contributed by atoms with van der Waals surface area (Å²) in [7, 11) is 0. The molecule has 1 aliphatic carbocycles. The Bertz CT molecular complexity index is 982. The van der Waals surface area contributed by atoms with Crippen LogP contribution in [-0.2, 0) is 15.7 Å². The van der Waals surface area contributed by atoms with Gasteiger partial charge in [0, 0.05) is 24.2 Å². The molecule has 4 rings (SSSR count). The zero-order chi connectivity index (χ0) is 19.2. The van der Waals surface area contributed by atoms with E-state index in [9.17, 15) is 18.0 Å². The first-order valence-corrected chi connectivity index (χ1v) is 8.67. The number of carbonyl (C=O) groups is 1. The van der Waals surface area contributed by atoms with Crippen LogP contribution in [0.25, 0.3) is 5.65 Å². The Kier molecular flexibility index (Phi) is 4.17. The van der Waals surface area contributed by atoms with Crippen LogP contribution in [0.15, 0.2) is 54.9 Å². The molecule has 140 valence electrons. The van der Waals surface area contributed by atoms with Crippen LogP contribution in [0, 0.1) is 5.92 Å². The first-order chi connectivity index (χ1) is 12.9. The van der Waals surface area contributed by atoms with Crippen LogP contribution in [0.3, 0.4) is 0 Å². The number of hydrogen-bond acceptors (Lipinski definition) is 3. The predicted molar refractivity (Wildman–Crippen MR) is 92.2 cm³/mol. The zero-order valence-corrected chi connectivity index (χ0v) is 14.5. The minimum Gasteiger partial charge on any atom is -0.466 e. The summed E-state index contributed by atoms with van der Waals surface area (Å²) >= 11 is 0. The lowest BCUT2D eigenvalue weighted by Crippen LogP contribution is -2.08. The topological polar surface area (TPSA) is 43.6 Å². The monoisotopic (exact) mass is 374 g/mol. The molecule has 0 N–H and O–H groups in total. The molecule has 2 heterocycles. The van der Waals surface area contributed by atoms with E-state index in [0.29, 0.717) is 0 Å². The summed E-state index contributed by atoms with van der Waals surface area (Å²) < 4.78 is 45.2. The molecule has 1 aromatic carbocycles. The molecule has 0 saturated heterocycles. The third-order valence-corrected chi connectivity index (χ3v) is 4.92. The SMILES string of the molecule is CCOC(=O)[C@@H]1[C@H](c2ccccc2)[C@H]1c1ccn2cc(C(F)(F)F)nc2c1. The quantitative estimate of drug-likeness (QED) is 0.635. The molecule has 0 unspecified atom stereocenters. The lowest BCUT2D eigenvalue weighted by atomic mass is 10.1. The number of nitrogens with zero attached hydrogens (tertiary/aromatic N) is 2. The van der Waals surface area contributed by atoms with E-state index in [1.807, 2.05) is 30.3 Å². The Balaban J connectivity index is 1.70. The maximum atomic E-state index is 12.9. The van der Waals surface area contributed by atoms with Gasteiger partial charge in [-0.3, -0.25) is 4.79 Å². The summed E-state index contributed by atoms with van der Waals surface area (Å²) in [6.45, 7) is 2.04. The van der Waals surface area contributed by atoms with Gasteiger partial charge in [0.2, 0.25) is 0 Å². The lowest BCUT2D eigenvalue weighted by Gasteiger charge is -2.02. The molecule has 0 bridgehead atoms. The molecule has 1 aliphatic rings. The number of benzene rings is 1. The van der Waals surface area contributed by atoms with E-state index in [1.54, 1.807) is 25.3 Å². The van der Waals surface area contributed by atoms with Gasteiger partial charge in [-0.1, -0.05) is 30.3 Å². The third kappa shape index (κ3) is 3.18. The van der Waals surface area contributed by atoms with Crippen molar-refractivity contribution < 1.29 is 22.7 Å². The summed E-state index contributed by atoms with van der Waals surface area (Å²) in [5, 5.41) is 0. The van der Waals surface area contributed by atoms with E-state index in [0.717, 1.165) is 17.3 Å². The maximum Gasteiger partial charge on any atom is 0.434 e. The Labute approximate surface area is 153 Å². The van der Waals surface area contributed by atoms with Crippen LogP contribution in [-0.4, -0.2) is 22.0 Å². The number of aromatic nitrogens is 2. The average Bonchev–Trinajstić information content (AvgIpc) is 3.23. The molecule has 0 radical (unpaired) electrons. The van der Waals surface area contributed by atoms with Gasteiger partial charge in [-0.2, -0.15) is 13.2 Å². The molecule has 0 spiro atoms. The smallest absolute Gasteiger partial charge is 0.434 e. The minimum atomic E-state index is -4.49. The first kappa shape index (κ1) is 17.6. The van der Waals surface area contributed by atoms with Crippen molar-refractivity contribution in [2.45, 2.75) is 24.9 Å². The van der Waals surface area contributed by atoms with E-state index < -0.39 is 11.9 Å². The fourth-order valence-corrected chi connectivity index (χ4v) is 3.69. The zero-order valence-electron chi connectivity index (χ0n) is 14.5. The number of esters is 1. The Hall–Kier alpha value is -2.83. The highest BCUT2D eigenvalue weighted by atomic mass is 19.4. The Morgan fingerprint density at radius 2 is 1.85 bits per heavy atom. The van der Waals surface area contributed by atoms with Gasteiger partial charge in [-0.25, -0.2) is 4.98 Å². The normalized spacial score (nSPS) is 22.0. The van der Waals surface area contributed by atoms with Gasteiger partial charge in [0.1, 0.15) is 5.65 Å². The summed E-state index contributed by atoms with van der Waals surface area (Å²) in [6, 6.07) is 13.0. The average molecular weight is 374 g/mol. The maximum absolute atomic E-state index is 12.9. The fraction of sp³-hybridized carbons (Fsp3) is 0.300. The third-order valence-electron chi connectivity index (χ3n) is 4.92. The van der Waals surface area contributed by atoms with Gasteiger partial charge < -0.3 is 9.14 Å². The number of pyridine rings is 1. The van der Waals surface area contributed by atoms with E-state index in [1.165, 1.54) is 4.40 Å². The van der Waals surface area contributed by atoms with Crippen LogP contribution in [0.1, 0.15) is 35.6 Å². The van der Waals surface area contributed by atoms with Crippen molar-refractivity contribution in [3.8, 4) is 0 Å². The van der Waals surface area contributed by atoms with Crippen LogP contribution in [0.2, 0.25) is 0 Å². The second-order valence-electron chi connectivity index (χ2n) is 6.59. The number of carbonyl (C=O) groups excluding carboxylic acids is 1. The van der Waals surface area contributed by atoms with E-state index >= 15 is 0 Å². The van der Waals surface area contributed by atoms with Gasteiger partial charge in [0.05, 0.1) is 12.5 Å². The van der Waals surface area contributed by atoms with Gasteiger partial charge in [0.25, 0.3) is 0 Å². The molecule has 0 amide bonds. The van der Waals surface area contributed by atoms with E-state index in [4.69, 9.17) is 4.74 Å². The molecule has 0 aliphatic heterocycles.